The van der Waals surface area contributed by atoms with Crippen molar-refractivity contribution in [2.24, 2.45) is 0 Å². The zero-order valence-corrected chi connectivity index (χ0v) is 23.5. The van der Waals surface area contributed by atoms with E-state index in [-0.39, 0.29) is 24.3 Å². The van der Waals surface area contributed by atoms with Gasteiger partial charge in [0.1, 0.15) is 6.61 Å². The Kier molecular flexibility index (Phi) is 9.93. The number of unbranched alkanes of at least 4 members (excludes halogenated alkanes) is 1. The molecule has 0 aliphatic carbocycles. The van der Waals surface area contributed by atoms with Gasteiger partial charge in [-0.3, -0.25) is 9.69 Å². The SMILES string of the molecule is CCCN(CCCCNC(=O)c1ccc(-c2ccccc2)cc1)C1COc2c(cccc2OS(=O)(=O)C(F)(F)F)C1. The number of carbonyl (C=O) groups is 1. The number of ether oxygens (including phenoxy) is 1. The van der Waals surface area contributed by atoms with E-state index in [4.69, 9.17) is 4.74 Å². The van der Waals surface area contributed by atoms with Crippen molar-refractivity contribution in [1.82, 2.24) is 10.2 Å². The summed E-state index contributed by atoms with van der Waals surface area (Å²) in [6.45, 7) is 4.31. The number of nitrogens with one attached hydrogen (secondary N) is 1. The van der Waals surface area contributed by atoms with Crippen LogP contribution in [0.4, 0.5) is 13.2 Å². The maximum atomic E-state index is 12.8. The van der Waals surface area contributed by atoms with E-state index in [9.17, 15) is 26.4 Å². The van der Waals surface area contributed by atoms with E-state index in [2.05, 4.69) is 21.3 Å². The van der Waals surface area contributed by atoms with Crippen LogP contribution in [0.1, 0.15) is 42.1 Å². The molecule has 0 aromatic heterocycles. The topological polar surface area (TPSA) is 84.9 Å². The molecule has 0 saturated heterocycles. The standard InChI is InChI=1S/C30H33F3N2O5S/c1-2-18-35(26-20-25-11-8-12-27(28(25)39-21-26)40-41(37,38)30(31,32)33)19-7-6-17-34-29(36)24-15-13-23(14-16-24)22-9-4-3-5-10-22/h3-5,8-16,26H,2,6-7,17-21H2,1H3,(H,34,36). The highest BCUT2D eigenvalue weighted by molar-refractivity contribution is 7.88. The number of halogens is 3. The molecule has 1 amide bonds. The van der Waals surface area contributed by atoms with Gasteiger partial charge in [-0.2, -0.15) is 21.6 Å². The van der Waals surface area contributed by atoms with Crippen LogP contribution in [-0.4, -0.2) is 57.0 Å². The van der Waals surface area contributed by atoms with Crippen LogP contribution in [0.5, 0.6) is 11.5 Å². The molecule has 4 rings (SSSR count). The van der Waals surface area contributed by atoms with Crippen molar-refractivity contribution >= 4 is 16.0 Å². The summed E-state index contributed by atoms with van der Waals surface area (Å²) in [5.74, 6) is -0.573. The van der Waals surface area contributed by atoms with Gasteiger partial charge in [-0.25, -0.2) is 0 Å². The highest BCUT2D eigenvalue weighted by Crippen LogP contribution is 2.38. The normalized spacial score (nSPS) is 15.2. The van der Waals surface area contributed by atoms with E-state index in [0.717, 1.165) is 49.5 Å². The average molecular weight is 591 g/mol. The molecule has 1 N–H and O–H groups in total. The van der Waals surface area contributed by atoms with Gasteiger partial charge in [-0.05, 0) is 73.7 Å². The van der Waals surface area contributed by atoms with Gasteiger partial charge in [0.15, 0.2) is 11.5 Å². The first-order valence-corrected chi connectivity index (χ1v) is 14.9. The number of amides is 1. The Morgan fingerprint density at radius 3 is 2.37 bits per heavy atom. The molecule has 3 aromatic rings. The van der Waals surface area contributed by atoms with Gasteiger partial charge in [-0.1, -0.05) is 61.5 Å². The Morgan fingerprint density at radius 1 is 0.976 bits per heavy atom. The van der Waals surface area contributed by atoms with Crippen LogP contribution in [0.25, 0.3) is 11.1 Å². The molecule has 1 heterocycles. The van der Waals surface area contributed by atoms with Gasteiger partial charge in [0.25, 0.3) is 5.91 Å². The third-order valence-electron chi connectivity index (χ3n) is 6.86. The lowest BCUT2D eigenvalue weighted by Gasteiger charge is -2.35. The minimum atomic E-state index is -5.80. The maximum Gasteiger partial charge on any atom is 0.534 e. The van der Waals surface area contributed by atoms with Crippen LogP contribution >= 0.6 is 0 Å². The predicted octanol–water partition coefficient (Wildman–Crippen LogP) is 5.81. The quantitative estimate of drug-likeness (QED) is 0.163. The van der Waals surface area contributed by atoms with Gasteiger partial charge >= 0.3 is 15.6 Å². The Morgan fingerprint density at radius 2 is 1.68 bits per heavy atom. The maximum absolute atomic E-state index is 12.8. The summed E-state index contributed by atoms with van der Waals surface area (Å²) in [6.07, 6.45) is 2.97. The molecule has 1 unspecified atom stereocenters. The predicted molar refractivity (Wildman–Crippen MR) is 150 cm³/mol. The van der Waals surface area contributed by atoms with E-state index >= 15 is 0 Å². The molecule has 0 fully saturated rings. The number of nitrogens with zero attached hydrogens (tertiary/aromatic N) is 1. The minimum absolute atomic E-state index is 0.0209. The Hall–Kier alpha value is -3.57. The lowest BCUT2D eigenvalue weighted by Crippen LogP contribution is -2.44. The second kappa shape index (κ2) is 13.4. The summed E-state index contributed by atoms with van der Waals surface area (Å²) in [4.78, 5) is 14.8. The molecule has 1 atom stereocenters. The van der Waals surface area contributed by atoms with E-state index < -0.39 is 21.4 Å². The Labute approximate surface area is 238 Å². The zero-order valence-electron chi connectivity index (χ0n) is 22.7. The van der Waals surface area contributed by atoms with Crippen molar-refractivity contribution in [3.63, 3.8) is 0 Å². The molecule has 220 valence electrons. The van der Waals surface area contributed by atoms with Gasteiger partial charge < -0.3 is 14.2 Å². The number of fused-ring (bicyclic) bond motifs is 1. The van der Waals surface area contributed by atoms with E-state index in [1.54, 1.807) is 6.07 Å². The van der Waals surface area contributed by atoms with Crippen LogP contribution in [0.15, 0.2) is 72.8 Å². The van der Waals surface area contributed by atoms with Gasteiger partial charge in [0, 0.05) is 18.2 Å². The van der Waals surface area contributed by atoms with Crippen molar-refractivity contribution in [3.05, 3.63) is 83.9 Å². The van der Waals surface area contributed by atoms with Crippen LogP contribution < -0.4 is 14.2 Å². The smallest absolute Gasteiger partial charge is 0.488 e. The van der Waals surface area contributed by atoms with E-state index in [1.165, 1.54) is 6.07 Å². The van der Waals surface area contributed by atoms with Crippen LogP contribution in [0, 0.1) is 0 Å². The fourth-order valence-electron chi connectivity index (χ4n) is 4.80. The monoisotopic (exact) mass is 590 g/mol. The summed E-state index contributed by atoms with van der Waals surface area (Å²) in [6, 6.07) is 21.7. The summed E-state index contributed by atoms with van der Waals surface area (Å²) in [5, 5.41) is 2.97. The molecule has 7 nitrogen and oxygen atoms in total. The van der Waals surface area contributed by atoms with Crippen molar-refractivity contribution in [2.75, 3.05) is 26.2 Å². The number of benzene rings is 3. The summed E-state index contributed by atoms with van der Waals surface area (Å²) < 4.78 is 71.5. The molecule has 0 spiro atoms. The number of rotatable bonds is 12. The van der Waals surface area contributed by atoms with E-state index in [0.29, 0.717) is 24.1 Å². The number of para-hydroxylation sites is 1. The van der Waals surface area contributed by atoms with Crippen molar-refractivity contribution in [3.8, 4) is 22.6 Å². The number of hydrogen-bond acceptors (Lipinski definition) is 6. The van der Waals surface area contributed by atoms with Crippen molar-refractivity contribution in [2.45, 2.75) is 44.2 Å². The summed E-state index contributed by atoms with van der Waals surface area (Å²) >= 11 is 0. The molecule has 3 aromatic carbocycles. The first kappa shape index (κ1) is 30.4. The minimum Gasteiger partial charge on any atom is -0.488 e. The van der Waals surface area contributed by atoms with Gasteiger partial charge in [-0.15, -0.1) is 0 Å². The number of hydrogen-bond donors (Lipinski definition) is 1. The lowest BCUT2D eigenvalue weighted by atomic mass is 10.0. The Bertz CT molecular complexity index is 1410. The Balaban J connectivity index is 1.27. The average Bonchev–Trinajstić information content (AvgIpc) is 2.96. The van der Waals surface area contributed by atoms with Gasteiger partial charge in [0.2, 0.25) is 0 Å². The second-order valence-corrected chi connectivity index (χ2v) is 11.4. The molecule has 1 aliphatic rings. The summed E-state index contributed by atoms with van der Waals surface area (Å²) in [5.41, 5.74) is -2.21. The summed E-state index contributed by atoms with van der Waals surface area (Å²) in [7, 11) is -5.80. The number of carbonyl (C=O) groups excluding carboxylic acids is 1. The third kappa shape index (κ3) is 7.80. The first-order valence-electron chi connectivity index (χ1n) is 13.5. The molecule has 0 bridgehead atoms. The highest BCUT2D eigenvalue weighted by atomic mass is 32.2. The fourth-order valence-corrected chi connectivity index (χ4v) is 5.26. The molecule has 11 heteroatoms. The van der Waals surface area contributed by atoms with Crippen molar-refractivity contribution < 1.29 is 35.3 Å². The molecular formula is C30H33F3N2O5S. The largest absolute Gasteiger partial charge is 0.534 e. The molecule has 1 aliphatic heterocycles. The zero-order chi connectivity index (χ0) is 29.5. The fraction of sp³-hybridized carbons (Fsp3) is 0.367. The lowest BCUT2D eigenvalue weighted by molar-refractivity contribution is -0.0501. The van der Waals surface area contributed by atoms with Crippen molar-refractivity contribution in [1.29, 1.82) is 0 Å². The van der Waals surface area contributed by atoms with Gasteiger partial charge in [0.05, 0.1) is 0 Å². The third-order valence-corrected chi connectivity index (χ3v) is 7.82. The van der Waals surface area contributed by atoms with Crippen LogP contribution in [-0.2, 0) is 16.5 Å². The molecule has 41 heavy (non-hydrogen) atoms. The highest BCUT2D eigenvalue weighted by Gasteiger charge is 2.49. The van der Waals surface area contributed by atoms with Crippen LogP contribution in [0.2, 0.25) is 0 Å². The number of alkyl halides is 3. The first-order chi connectivity index (χ1) is 19.6. The molecular weight excluding hydrogens is 557 g/mol. The van der Waals surface area contributed by atoms with E-state index in [1.807, 2.05) is 54.6 Å². The second-order valence-electron chi connectivity index (χ2n) is 9.84. The molecule has 0 radical (unpaired) electrons. The van der Waals surface area contributed by atoms with Crippen LogP contribution in [0.3, 0.4) is 0 Å². The molecule has 0 saturated carbocycles.